The first kappa shape index (κ1) is 27.6. The van der Waals surface area contributed by atoms with Crippen LogP contribution in [0, 0.1) is 11.8 Å². The van der Waals surface area contributed by atoms with E-state index in [9.17, 15) is 19.5 Å². The highest BCUT2D eigenvalue weighted by atomic mass is 35.5. The third kappa shape index (κ3) is 5.28. The zero-order chi connectivity index (χ0) is 27.7. The predicted molar refractivity (Wildman–Crippen MR) is 144 cm³/mol. The summed E-state index contributed by atoms with van der Waals surface area (Å²) in [5.41, 5.74) is 1.73. The van der Waals surface area contributed by atoms with Crippen LogP contribution in [0.15, 0.2) is 24.3 Å². The fourth-order valence-electron chi connectivity index (χ4n) is 5.92. The number of allylic oxidation sites excluding steroid dienone is 2. The Bertz CT molecular complexity index is 1330. The van der Waals surface area contributed by atoms with Crippen LogP contribution < -0.4 is 0 Å². The van der Waals surface area contributed by atoms with Gasteiger partial charge in [-0.3, -0.25) is 14.4 Å². The van der Waals surface area contributed by atoms with Gasteiger partial charge in [0, 0.05) is 17.5 Å². The maximum absolute atomic E-state index is 15.6. The smallest absolute Gasteiger partial charge is 0.309 e. The van der Waals surface area contributed by atoms with E-state index < -0.39 is 23.5 Å². The molecule has 2 unspecified atom stereocenters. The van der Waals surface area contributed by atoms with Crippen molar-refractivity contribution in [3.63, 3.8) is 0 Å². The molecule has 5 rings (SSSR count). The summed E-state index contributed by atoms with van der Waals surface area (Å²) in [5.74, 6) is -2.49. The highest BCUT2D eigenvalue weighted by molar-refractivity contribution is 6.34. The quantitative estimate of drug-likeness (QED) is 0.303. The molecular weight excluding hydrogens is 523 g/mol. The van der Waals surface area contributed by atoms with Crippen molar-refractivity contribution in [3.8, 4) is 0 Å². The van der Waals surface area contributed by atoms with Crippen LogP contribution in [-0.4, -0.2) is 39.3 Å². The minimum Gasteiger partial charge on any atom is -0.481 e. The average Bonchev–Trinajstić information content (AvgIpc) is 3.30. The number of hydrogen-bond acceptors (Lipinski definition) is 5. The number of carbonyl (C=O) groups excluding carboxylic acids is 2. The van der Waals surface area contributed by atoms with Crippen LogP contribution in [0.25, 0.3) is 5.57 Å². The van der Waals surface area contributed by atoms with Crippen LogP contribution in [0.2, 0.25) is 5.02 Å². The molecule has 1 N–H and O–H groups in total. The lowest BCUT2D eigenvalue weighted by Gasteiger charge is -2.35. The zero-order valence-electron chi connectivity index (χ0n) is 22.2. The largest absolute Gasteiger partial charge is 0.481 e. The van der Waals surface area contributed by atoms with Gasteiger partial charge in [0.1, 0.15) is 5.67 Å². The number of carboxylic acid groups (broad SMARTS) is 1. The lowest BCUT2D eigenvalue weighted by molar-refractivity contribution is -0.149. The van der Waals surface area contributed by atoms with Crippen LogP contribution >= 0.6 is 11.6 Å². The minimum atomic E-state index is -1.61. The van der Waals surface area contributed by atoms with E-state index in [2.05, 4.69) is 0 Å². The highest BCUT2D eigenvalue weighted by Crippen LogP contribution is 2.47. The zero-order valence-corrected chi connectivity index (χ0v) is 22.9. The topological polar surface area (TPSA) is 98.5 Å². The average molecular weight is 557 g/mol. The van der Waals surface area contributed by atoms with Gasteiger partial charge in [0.15, 0.2) is 0 Å². The summed E-state index contributed by atoms with van der Waals surface area (Å²) in [4.78, 5) is 38.3. The summed E-state index contributed by atoms with van der Waals surface area (Å²) in [6.45, 7) is 2.47. The van der Waals surface area contributed by atoms with Gasteiger partial charge in [-0.15, -0.1) is 0 Å². The molecule has 2 atom stereocenters. The molecule has 1 heterocycles. The molecule has 9 heteroatoms. The first-order valence-corrected chi connectivity index (χ1v) is 14.3. The number of benzene rings is 1. The summed E-state index contributed by atoms with van der Waals surface area (Å²) in [5, 5.41) is 14.6. The van der Waals surface area contributed by atoms with E-state index in [1.807, 2.05) is 13.0 Å². The molecule has 3 aliphatic rings. The minimum absolute atomic E-state index is 0.0863. The second-order valence-corrected chi connectivity index (χ2v) is 11.4. The maximum Gasteiger partial charge on any atom is 0.309 e. The lowest BCUT2D eigenvalue weighted by Crippen LogP contribution is -2.33. The van der Waals surface area contributed by atoms with Crippen LogP contribution in [-0.2, 0) is 32.8 Å². The number of aromatic nitrogens is 2. The van der Waals surface area contributed by atoms with Gasteiger partial charge >= 0.3 is 11.9 Å². The Hall–Kier alpha value is -3.00. The number of rotatable bonds is 8. The van der Waals surface area contributed by atoms with Crippen molar-refractivity contribution in [2.45, 2.75) is 83.2 Å². The summed E-state index contributed by atoms with van der Waals surface area (Å²) >= 11 is 6.49. The summed E-state index contributed by atoms with van der Waals surface area (Å²) in [6.07, 6.45) is 7.97. The van der Waals surface area contributed by atoms with Gasteiger partial charge in [-0.05, 0) is 69.4 Å². The monoisotopic (exact) mass is 556 g/mol. The van der Waals surface area contributed by atoms with Gasteiger partial charge in [0.2, 0.25) is 0 Å². The molecule has 0 amide bonds. The Morgan fingerprint density at radius 2 is 1.97 bits per heavy atom. The Morgan fingerprint density at radius 3 is 2.62 bits per heavy atom. The fourth-order valence-corrected chi connectivity index (χ4v) is 6.18. The van der Waals surface area contributed by atoms with Crippen molar-refractivity contribution >= 4 is 35.0 Å². The van der Waals surface area contributed by atoms with E-state index in [0.717, 1.165) is 30.4 Å². The van der Waals surface area contributed by atoms with Crippen molar-refractivity contribution in [3.05, 3.63) is 57.4 Å². The molecule has 7 nitrogen and oxygen atoms in total. The number of halogens is 2. The second kappa shape index (κ2) is 11.2. The number of carboxylic acids is 1. The Morgan fingerprint density at radius 1 is 1.21 bits per heavy atom. The summed E-state index contributed by atoms with van der Waals surface area (Å²) < 4.78 is 22.3. The van der Waals surface area contributed by atoms with Gasteiger partial charge in [-0.2, -0.15) is 9.78 Å². The number of hydrogen-bond donors (Lipinski definition) is 1. The number of nitrogens with zero attached hydrogens (tertiary/aromatic N) is 2. The molecule has 0 spiro atoms. The molecule has 1 aromatic heterocycles. The molecule has 0 radical (unpaired) electrons. The van der Waals surface area contributed by atoms with E-state index in [1.165, 1.54) is 4.68 Å². The van der Waals surface area contributed by atoms with Crippen molar-refractivity contribution in [2.24, 2.45) is 11.8 Å². The first-order valence-electron chi connectivity index (χ1n) is 14.0. The summed E-state index contributed by atoms with van der Waals surface area (Å²) in [6, 6.07) is 4.83. The Labute approximate surface area is 232 Å². The molecule has 0 saturated heterocycles. The normalized spacial score (nSPS) is 21.9. The molecule has 3 aliphatic carbocycles. The van der Waals surface area contributed by atoms with Crippen LogP contribution in [0.4, 0.5) is 4.39 Å². The standard InChI is InChI=1S/C30H34ClFN2O5/c1-2-3-16-39-29(38)19-10-8-18(9-11-19)26-21-13-12-20(28(36)37)17-24(21)34(33-26)27(35)25-22(6-4-7-23(25)31)30(32)14-5-15-30/h4,6-8,19-20H,2-3,5,9-17H2,1H3,(H,36,37). The number of alkyl halides is 1. The maximum atomic E-state index is 15.6. The number of fused-ring (bicyclic) bond motifs is 1. The molecule has 1 saturated carbocycles. The number of esters is 1. The third-order valence-corrected chi connectivity index (χ3v) is 8.78. The third-order valence-electron chi connectivity index (χ3n) is 8.46. The van der Waals surface area contributed by atoms with Gasteiger partial charge in [0.25, 0.3) is 5.91 Å². The molecule has 2 aromatic rings. The van der Waals surface area contributed by atoms with Gasteiger partial charge in [-0.1, -0.05) is 43.2 Å². The van der Waals surface area contributed by atoms with Crippen molar-refractivity contribution < 1.29 is 28.6 Å². The number of unbranched alkanes of at least 4 members (excludes halogenated alkanes) is 1. The number of carbonyl (C=O) groups is 3. The highest BCUT2D eigenvalue weighted by Gasteiger charge is 2.43. The van der Waals surface area contributed by atoms with Gasteiger partial charge in [0.05, 0.1) is 40.4 Å². The van der Waals surface area contributed by atoms with Crippen molar-refractivity contribution in [1.82, 2.24) is 9.78 Å². The molecule has 1 aromatic carbocycles. The fraction of sp³-hybridized carbons (Fsp3) is 0.533. The molecule has 39 heavy (non-hydrogen) atoms. The van der Waals surface area contributed by atoms with Crippen molar-refractivity contribution in [2.75, 3.05) is 6.61 Å². The molecule has 0 aliphatic heterocycles. The Kier molecular flexibility index (Phi) is 7.94. The molecule has 208 valence electrons. The van der Waals surface area contributed by atoms with E-state index in [0.29, 0.717) is 62.9 Å². The molecule has 0 bridgehead atoms. The lowest BCUT2D eigenvalue weighted by atomic mass is 9.75. The summed E-state index contributed by atoms with van der Waals surface area (Å²) in [7, 11) is 0. The van der Waals surface area contributed by atoms with Crippen LogP contribution in [0.5, 0.6) is 0 Å². The van der Waals surface area contributed by atoms with Crippen LogP contribution in [0.3, 0.4) is 0 Å². The van der Waals surface area contributed by atoms with Gasteiger partial charge < -0.3 is 9.84 Å². The molecule has 1 fully saturated rings. The van der Waals surface area contributed by atoms with Gasteiger partial charge in [-0.25, -0.2) is 4.39 Å². The first-order chi connectivity index (χ1) is 18.7. The van der Waals surface area contributed by atoms with E-state index in [-0.39, 0.29) is 34.5 Å². The predicted octanol–water partition coefficient (Wildman–Crippen LogP) is 6.29. The number of ether oxygens (including phenoxy) is 1. The number of aliphatic carboxylic acids is 1. The van der Waals surface area contributed by atoms with E-state index in [4.69, 9.17) is 21.4 Å². The van der Waals surface area contributed by atoms with E-state index in [1.54, 1.807) is 18.2 Å². The van der Waals surface area contributed by atoms with Crippen molar-refractivity contribution in [1.29, 1.82) is 0 Å². The van der Waals surface area contributed by atoms with E-state index >= 15 is 4.39 Å². The SMILES string of the molecule is CCCCOC(=O)C1CC=C(c2nn(C(=O)c3c(Cl)cccc3C3(F)CCC3)c3c2CCC(C(=O)O)C3)CC1. The Balaban J connectivity index is 1.50. The second-order valence-electron chi connectivity index (χ2n) is 11.0. The molecular formula is C30H34ClFN2O5. The van der Waals surface area contributed by atoms with Crippen LogP contribution in [0.1, 0.15) is 97.6 Å².